The molecule has 1 rings (SSSR count). The van der Waals surface area contributed by atoms with Crippen molar-refractivity contribution in [1.82, 2.24) is 5.32 Å². The second kappa shape index (κ2) is 1.39. The van der Waals surface area contributed by atoms with Crippen molar-refractivity contribution in [2.45, 2.75) is 6.37 Å². The summed E-state index contributed by atoms with van der Waals surface area (Å²) in [7, 11) is 0. The van der Waals surface area contributed by atoms with E-state index >= 15 is 0 Å². The molecule has 0 amide bonds. The van der Waals surface area contributed by atoms with Gasteiger partial charge in [0.15, 0.2) is 0 Å². The van der Waals surface area contributed by atoms with Crippen LogP contribution >= 0.6 is 0 Å². The Bertz CT molecular complexity index is 236. The maximum absolute atomic E-state index is 10.9. The van der Waals surface area contributed by atoms with E-state index < -0.39 is 25.1 Å². The summed E-state index contributed by atoms with van der Waals surface area (Å²) >= 11 is 0. The van der Waals surface area contributed by atoms with Crippen LogP contribution in [0.25, 0.3) is 0 Å². The Labute approximate surface area is 45.0 Å². The highest BCUT2D eigenvalue weighted by Gasteiger charge is 2.06. The molecule has 0 bridgehead atoms. The average Bonchev–Trinajstić information content (AvgIpc) is 1.90. The van der Waals surface area contributed by atoms with Crippen LogP contribution in [-0.2, 0) is 4.79 Å². The summed E-state index contributed by atoms with van der Waals surface area (Å²) in [6.45, 7) is -5.26. The van der Waals surface area contributed by atoms with E-state index in [0.29, 0.717) is 0 Å². The zero-order chi connectivity index (χ0) is 9.78. The summed E-state index contributed by atoms with van der Waals surface area (Å²) in [5.41, 5.74) is 0. The van der Waals surface area contributed by atoms with Gasteiger partial charge in [-0.3, -0.25) is 4.79 Å². The van der Waals surface area contributed by atoms with Gasteiger partial charge in [-0.1, -0.05) is 0 Å². The van der Waals surface area contributed by atoms with Crippen LogP contribution in [0.2, 0.25) is 0 Å². The van der Waals surface area contributed by atoms with E-state index in [4.69, 9.17) is 8.22 Å². The molecule has 1 aliphatic rings. The zero-order valence-electron chi connectivity index (χ0n) is 8.91. The Morgan fingerprint density at radius 1 is 2.00 bits per heavy atom. The van der Waals surface area contributed by atoms with Gasteiger partial charge in [-0.15, -0.1) is 0 Å². The maximum atomic E-state index is 10.9. The smallest absolute Gasteiger partial charge is 0.147 e. The van der Waals surface area contributed by atoms with Crippen molar-refractivity contribution >= 4 is 5.78 Å². The lowest BCUT2D eigenvalue weighted by Crippen LogP contribution is -2.07. The molecule has 0 aliphatic carbocycles. The Hall–Kier alpha value is -0.370. The number of hydrogen-bond acceptors (Lipinski definition) is 2. The van der Waals surface area contributed by atoms with Crippen LogP contribution < -0.4 is 5.32 Å². The minimum absolute atomic E-state index is 1.40. The number of carbonyl (C=O) groups is 1. The van der Waals surface area contributed by atoms with Gasteiger partial charge >= 0.3 is 0 Å². The minimum Gasteiger partial charge on any atom is -0.310 e. The number of rotatable bonds is 0. The fraction of sp³-hybridized carbons (Fsp3) is 0.750. The SMILES string of the molecule is [2H]C1([2H])NC([2H])([2H])C([2H])([2H])C1=O. The molecule has 0 aromatic carbocycles. The molecule has 6 heavy (non-hydrogen) atoms. The Morgan fingerprint density at radius 2 is 2.83 bits per heavy atom. The van der Waals surface area contributed by atoms with Gasteiger partial charge in [-0.25, -0.2) is 0 Å². The van der Waals surface area contributed by atoms with Gasteiger partial charge in [0.25, 0.3) is 0 Å². The van der Waals surface area contributed by atoms with E-state index in [-0.39, 0.29) is 0 Å². The molecule has 0 saturated carbocycles. The van der Waals surface area contributed by atoms with Crippen LogP contribution in [-0.4, -0.2) is 18.8 Å². The molecule has 1 heterocycles. The molecule has 1 N–H and O–H groups in total. The molecule has 1 aliphatic heterocycles. The van der Waals surface area contributed by atoms with Gasteiger partial charge in [-0.05, 0) is 0 Å². The van der Waals surface area contributed by atoms with Gasteiger partial charge in [0, 0.05) is 18.4 Å². The van der Waals surface area contributed by atoms with E-state index in [9.17, 15) is 4.79 Å². The first-order chi connectivity index (χ1) is 5.11. The van der Waals surface area contributed by atoms with Crippen molar-refractivity contribution in [2.24, 2.45) is 0 Å². The van der Waals surface area contributed by atoms with E-state index in [1.54, 1.807) is 5.32 Å². The quantitative estimate of drug-likeness (QED) is 0.437. The molecule has 0 unspecified atom stereocenters. The molecule has 1 fully saturated rings. The van der Waals surface area contributed by atoms with Crippen molar-refractivity contribution < 1.29 is 13.0 Å². The van der Waals surface area contributed by atoms with Gasteiger partial charge in [0.05, 0.1) is 9.24 Å². The predicted octanol–water partition coefficient (Wildman–Crippen LogP) is -0.451. The lowest BCUT2D eigenvalue weighted by molar-refractivity contribution is -0.116. The highest BCUT2D eigenvalue weighted by atomic mass is 16.1. The lowest BCUT2D eigenvalue weighted by atomic mass is 10.4. The summed E-state index contributed by atoms with van der Waals surface area (Å²) in [4.78, 5) is 10.9. The summed E-state index contributed by atoms with van der Waals surface area (Å²) in [5.74, 6) is -1.40. The topological polar surface area (TPSA) is 29.1 Å². The van der Waals surface area contributed by atoms with E-state index in [0.717, 1.165) is 0 Å². The number of carbonyl (C=O) groups excluding carboxylic acids is 1. The number of nitrogens with one attached hydrogen (secondary N) is 1. The van der Waals surface area contributed by atoms with Crippen LogP contribution in [0.4, 0.5) is 0 Å². The van der Waals surface area contributed by atoms with E-state index in [2.05, 4.69) is 0 Å². The molecule has 0 aromatic rings. The summed E-state index contributed by atoms with van der Waals surface area (Å²) in [6, 6.07) is 0. The Morgan fingerprint density at radius 3 is 3.00 bits per heavy atom. The van der Waals surface area contributed by atoms with Gasteiger partial charge in [0.1, 0.15) is 5.78 Å². The highest BCUT2D eigenvalue weighted by molar-refractivity contribution is 5.82. The first-order valence-corrected chi connectivity index (χ1v) is 1.45. The maximum Gasteiger partial charge on any atom is 0.147 e. The molecule has 0 atom stereocenters. The first-order valence-electron chi connectivity index (χ1n) is 4.45. The molecule has 0 aromatic heterocycles. The van der Waals surface area contributed by atoms with Crippen molar-refractivity contribution in [3.8, 4) is 0 Å². The molecule has 34 valence electrons. The third-order valence-electron chi connectivity index (χ3n) is 0.415. The van der Waals surface area contributed by atoms with Crippen LogP contribution in [0.15, 0.2) is 0 Å². The third-order valence-corrected chi connectivity index (χ3v) is 0.415. The van der Waals surface area contributed by atoms with Crippen molar-refractivity contribution in [3.63, 3.8) is 0 Å². The molecule has 0 spiro atoms. The number of Topliss-reactive ketones (excluding diaryl/α,β-unsaturated/α-hetero) is 1. The fourth-order valence-electron chi connectivity index (χ4n) is 0.207. The van der Waals surface area contributed by atoms with E-state index in [1.165, 1.54) is 0 Å². The molecular formula is C4H7NO. The van der Waals surface area contributed by atoms with Gasteiger partial charge in [-0.2, -0.15) is 0 Å². The largest absolute Gasteiger partial charge is 0.310 e. The van der Waals surface area contributed by atoms with E-state index in [1.807, 2.05) is 0 Å². The average molecular weight is 91.1 g/mol. The fourth-order valence-corrected chi connectivity index (χ4v) is 0.207. The summed E-state index contributed by atoms with van der Waals surface area (Å²) in [5, 5.41) is 1.65. The number of hydrogen-bond donors (Lipinski definition) is 1. The highest BCUT2D eigenvalue weighted by Crippen LogP contribution is 1.85. The van der Waals surface area contributed by atoms with Crippen LogP contribution in [0.3, 0.4) is 0 Å². The molecular weight excluding hydrogens is 78.0 g/mol. The molecule has 1 saturated heterocycles. The Kier molecular flexibility index (Phi) is 0.206. The lowest BCUT2D eigenvalue weighted by Gasteiger charge is -1.75. The molecule has 0 radical (unpaired) electrons. The van der Waals surface area contributed by atoms with Crippen LogP contribution in [0.5, 0.6) is 0 Å². The van der Waals surface area contributed by atoms with Crippen molar-refractivity contribution in [2.75, 3.05) is 13.0 Å². The monoisotopic (exact) mass is 91.1 g/mol. The summed E-state index contributed by atoms with van der Waals surface area (Å²) in [6.07, 6.45) is -2.81. The standard InChI is InChI=1S/C4H7NO/c6-4-1-2-5-3-4/h5H,1-3H2/i1D2,2D2,3D2. The molecule has 2 nitrogen and oxygen atoms in total. The predicted molar refractivity (Wildman–Crippen MR) is 22.5 cm³/mol. The number of ketones is 1. The van der Waals surface area contributed by atoms with Crippen molar-refractivity contribution in [3.05, 3.63) is 0 Å². The second-order valence-corrected chi connectivity index (χ2v) is 0.829. The summed E-state index contributed by atoms with van der Waals surface area (Å²) < 4.78 is 41.8. The second-order valence-electron chi connectivity index (χ2n) is 0.829. The zero-order valence-corrected chi connectivity index (χ0v) is 2.91. The minimum atomic E-state index is -2.81. The van der Waals surface area contributed by atoms with Gasteiger partial charge < -0.3 is 5.32 Å². The molecule has 2 heteroatoms. The van der Waals surface area contributed by atoms with Gasteiger partial charge in [0.2, 0.25) is 0 Å². The van der Waals surface area contributed by atoms with Crippen LogP contribution in [0, 0.1) is 0 Å². The van der Waals surface area contributed by atoms with Crippen molar-refractivity contribution in [1.29, 1.82) is 0 Å². The van der Waals surface area contributed by atoms with Crippen LogP contribution in [0.1, 0.15) is 14.6 Å². The normalized spacial score (nSPS) is 62.3. The first kappa shape index (κ1) is 0.892. The Balaban J connectivity index is 3.14. The third kappa shape index (κ3) is 0.571.